The first-order valence-electron chi connectivity index (χ1n) is 5.66. The molecule has 0 aliphatic heterocycles. The van der Waals surface area contributed by atoms with Crippen molar-refractivity contribution in [1.82, 2.24) is 15.0 Å². The lowest BCUT2D eigenvalue weighted by atomic mass is 10.1. The molecule has 0 saturated carbocycles. The van der Waals surface area contributed by atoms with E-state index >= 15 is 0 Å². The molecular formula is C13H13BrClN3. The van der Waals surface area contributed by atoms with Crippen molar-refractivity contribution < 1.29 is 0 Å². The van der Waals surface area contributed by atoms with Gasteiger partial charge in [-0.1, -0.05) is 13.8 Å². The second-order valence-corrected chi connectivity index (χ2v) is 5.35. The molecule has 0 fully saturated rings. The molecule has 94 valence electrons. The fourth-order valence-corrected chi connectivity index (χ4v) is 2.33. The van der Waals surface area contributed by atoms with Crippen molar-refractivity contribution in [2.45, 2.75) is 25.6 Å². The Morgan fingerprint density at radius 3 is 2.72 bits per heavy atom. The van der Waals surface area contributed by atoms with Gasteiger partial charge in [0.15, 0.2) is 5.82 Å². The number of hydrogen-bond donors (Lipinski definition) is 0. The lowest BCUT2D eigenvalue weighted by Crippen LogP contribution is -2.03. The van der Waals surface area contributed by atoms with Crippen molar-refractivity contribution in [3.05, 3.63) is 40.3 Å². The number of hydrogen-bond acceptors (Lipinski definition) is 3. The molecule has 5 heteroatoms. The molecule has 0 saturated heterocycles. The number of nitrogens with zero attached hydrogens (tertiary/aromatic N) is 3. The zero-order valence-electron chi connectivity index (χ0n) is 10.2. The van der Waals surface area contributed by atoms with Crippen LogP contribution in [0.4, 0.5) is 0 Å². The summed E-state index contributed by atoms with van der Waals surface area (Å²) in [5.41, 5.74) is 2.70. The van der Waals surface area contributed by atoms with E-state index in [0.717, 1.165) is 21.4 Å². The molecule has 0 aromatic carbocycles. The average Bonchev–Trinajstić information content (AvgIpc) is 2.38. The summed E-state index contributed by atoms with van der Waals surface area (Å²) in [6.07, 6.45) is 3.51. The molecule has 0 bridgehead atoms. The summed E-state index contributed by atoms with van der Waals surface area (Å²) in [5.74, 6) is 1.36. The SMILES string of the molecule is CC(C)c1nc(-c2ncccc2Br)ncc1CCl. The summed E-state index contributed by atoms with van der Waals surface area (Å²) in [5, 5.41) is 0. The highest BCUT2D eigenvalue weighted by Crippen LogP contribution is 2.25. The summed E-state index contributed by atoms with van der Waals surface area (Å²) in [6.45, 7) is 4.19. The van der Waals surface area contributed by atoms with Crippen LogP contribution in [-0.2, 0) is 5.88 Å². The molecule has 0 spiro atoms. The van der Waals surface area contributed by atoms with Gasteiger partial charge in [0.1, 0.15) is 5.69 Å². The van der Waals surface area contributed by atoms with Crippen LogP contribution in [0.5, 0.6) is 0 Å². The van der Waals surface area contributed by atoms with Crippen molar-refractivity contribution in [1.29, 1.82) is 0 Å². The van der Waals surface area contributed by atoms with E-state index in [4.69, 9.17) is 11.6 Å². The minimum Gasteiger partial charge on any atom is -0.252 e. The molecule has 3 nitrogen and oxygen atoms in total. The largest absolute Gasteiger partial charge is 0.252 e. The zero-order chi connectivity index (χ0) is 13.1. The Balaban J connectivity index is 2.54. The second kappa shape index (κ2) is 5.76. The van der Waals surface area contributed by atoms with Crippen LogP contribution in [0.3, 0.4) is 0 Å². The normalized spacial score (nSPS) is 10.9. The smallest absolute Gasteiger partial charge is 0.179 e. The molecule has 0 atom stereocenters. The van der Waals surface area contributed by atoms with Crippen molar-refractivity contribution in [2.24, 2.45) is 0 Å². The minimum atomic E-state index is 0.308. The van der Waals surface area contributed by atoms with Crippen LogP contribution in [0, 0.1) is 0 Å². The van der Waals surface area contributed by atoms with Crippen LogP contribution in [0.25, 0.3) is 11.5 Å². The number of halogens is 2. The highest BCUT2D eigenvalue weighted by molar-refractivity contribution is 9.10. The van der Waals surface area contributed by atoms with Gasteiger partial charge in [-0.2, -0.15) is 0 Å². The highest BCUT2D eigenvalue weighted by Gasteiger charge is 2.13. The minimum absolute atomic E-state index is 0.308. The van der Waals surface area contributed by atoms with Gasteiger partial charge >= 0.3 is 0 Å². The van der Waals surface area contributed by atoms with Crippen LogP contribution in [0.1, 0.15) is 31.0 Å². The van der Waals surface area contributed by atoms with Gasteiger partial charge in [0.2, 0.25) is 0 Å². The Morgan fingerprint density at radius 1 is 1.33 bits per heavy atom. The van der Waals surface area contributed by atoms with Gasteiger partial charge in [-0.15, -0.1) is 11.6 Å². The zero-order valence-corrected chi connectivity index (χ0v) is 12.5. The fourth-order valence-electron chi connectivity index (χ4n) is 1.69. The number of pyridine rings is 1. The van der Waals surface area contributed by atoms with E-state index in [-0.39, 0.29) is 0 Å². The van der Waals surface area contributed by atoms with E-state index in [0.29, 0.717) is 17.6 Å². The van der Waals surface area contributed by atoms with Gasteiger partial charge in [-0.25, -0.2) is 9.97 Å². The Kier molecular flexibility index (Phi) is 4.30. The maximum atomic E-state index is 5.90. The van der Waals surface area contributed by atoms with E-state index < -0.39 is 0 Å². The Morgan fingerprint density at radius 2 is 2.11 bits per heavy atom. The first-order valence-corrected chi connectivity index (χ1v) is 6.99. The van der Waals surface area contributed by atoms with Crippen molar-refractivity contribution in [3.63, 3.8) is 0 Å². The van der Waals surface area contributed by atoms with Crippen LogP contribution in [0.2, 0.25) is 0 Å². The topological polar surface area (TPSA) is 38.7 Å². The average molecular weight is 327 g/mol. The Hall–Kier alpha value is -1.00. The molecule has 0 aliphatic rings. The lowest BCUT2D eigenvalue weighted by Gasteiger charge is -2.11. The first-order chi connectivity index (χ1) is 8.63. The molecule has 0 N–H and O–H groups in total. The summed E-state index contributed by atoms with van der Waals surface area (Å²) in [7, 11) is 0. The molecular weight excluding hydrogens is 314 g/mol. The summed E-state index contributed by atoms with van der Waals surface area (Å²) >= 11 is 9.36. The van der Waals surface area contributed by atoms with Crippen LogP contribution >= 0.6 is 27.5 Å². The van der Waals surface area contributed by atoms with E-state index in [1.807, 2.05) is 12.1 Å². The second-order valence-electron chi connectivity index (χ2n) is 4.23. The molecule has 2 rings (SSSR count). The van der Waals surface area contributed by atoms with Gasteiger partial charge in [0.05, 0.1) is 11.6 Å². The standard InChI is InChI=1S/C13H13BrClN3/c1-8(2)11-9(6-15)7-17-13(18-11)12-10(14)4-3-5-16-12/h3-5,7-8H,6H2,1-2H3. The molecule has 0 aliphatic carbocycles. The van der Waals surface area contributed by atoms with Crippen LogP contribution < -0.4 is 0 Å². The molecule has 2 aromatic rings. The maximum Gasteiger partial charge on any atom is 0.179 e. The van der Waals surface area contributed by atoms with Gasteiger partial charge in [-0.3, -0.25) is 4.98 Å². The van der Waals surface area contributed by atoms with Crippen LogP contribution in [0.15, 0.2) is 29.0 Å². The van der Waals surface area contributed by atoms with E-state index in [9.17, 15) is 0 Å². The monoisotopic (exact) mass is 325 g/mol. The third kappa shape index (κ3) is 2.70. The van der Waals surface area contributed by atoms with Crippen LogP contribution in [-0.4, -0.2) is 15.0 Å². The Bertz CT molecular complexity index is 558. The third-order valence-corrected chi connectivity index (χ3v) is 3.49. The van der Waals surface area contributed by atoms with Gasteiger partial charge < -0.3 is 0 Å². The molecule has 2 aromatic heterocycles. The quantitative estimate of drug-likeness (QED) is 0.795. The summed E-state index contributed by atoms with van der Waals surface area (Å²) < 4.78 is 0.887. The molecule has 2 heterocycles. The number of aromatic nitrogens is 3. The molecule has 0 amide bonds. The summed E-state index contributed by atoms with van der Waals surface area (Å²) in [4.78, 5) is 13.2. The predicted octanol–water partition coefficient (Wildman–Crippen LogP) is 4.16. The Labute approximate surface area is 120 Å². The lowest BCUT2D eigenvalue weighted by molar-refractivity contribution is 0.800. The number of rotatable bonds is 3. The molecule has 0 radical (unpaired) electrons. The van der Waals surface area contributed by atoms with E-state index in [1.54, 1.807) is 12.4 Å². The predicted molar refractivity (Wildman–Crippen MR) is 76.6 cm³/mol. The highest BCUT2D eigenvalue weighted by atomic mass is 79.9. The van der Waals surface area contributed by atoms with Crippen molar-refractivity contribution in [3.8, 4) is 11.5 Å². The van der Waals surface area contributed by atoms with Gasteiger partial charge in [0.25, 0.3) is 0 Å². The van der Waals surface area contributed by atoms with E-state index in [2.05, 4.69) is 44.7 Å². The molecule has 0 unspecified atom stereocenters. The third-order valence-electron chi connectivity index (χ3n) is 2.56. The summed E-state index contributed by atoms with van der Waals surface area (Å²) in [6, 6.07) is 3.79. The maximum absolute atomic E-state index is 5.90. The molecule has 18 heavy (non-hydrogen) atoms. The van der Waals surface area contributed by atoms with Crippen molar-refractivity contribution >= 4 is 27.5 Å². The van der Waals surface area contributed by atoms with Gasteiger partial charge in [-0.05, 0) is 34.0 Å². The van der Waals surface area contributed by atoms with Crippen molar-refractivity contribution in [2.75, 3.05) is 0 Å². The van der Waals surface area contributed by atoms with Gasteiger partial charge in [0, 0.05) is 22.4 Å². The van der Waals surface area contributed by atoms with E-state index in [1.165, 1.54) is 0 Å². The number of alkyl halides is 1. The fraction of sp³-hybridized carbons (Fsp3) is 0.308. The first kappa shape index (κ1) is 13.4.